The molecule has 1 aromatic rings. The van der Waals surface area contributed by atoms with Gasteiger partial charge in [0.2, 0.25) is 0 Å². The molecule has 0 spiro atoms. The zero-order chi connectivity index (χ0) is 11.5. The number of benzene rings is 1. The van der Waals surface area contributed by atoms with Gasteiger partial charge in [0, 0.05) is 18.8 Å². The summed E-state index contributed by atoms with van der Waals surface area (Å²) in [5, 5.41) is 0. The van der Waals surface area contributed by atoms with Crippen molar-refractivity contribution in [3.63, 3.8) is 0 Å². The molecule has 0 aliphatic carbocycles. The number of hydrogen-bond donors (Lipinski definition) is 0. The maximum atomic E-state index is 5.40. The van der Waals surface area contributed by atoms with Crippen LogP contribution in [0.2, 0.25) is 0 Å². The maximum Gasteiger partial charge on any atom is 0.0642 e. The van der Waals surface area contributed by atoms with Crippen molar-refractivity contribution in [1.82, 2.24) is 0 Å². The highest BCUT2D eigenvalue weighted by Gasteiger charge is 2.14. The first kappa shape index (κ1) is 11.5. The standard InChI is InChI=1S/C14H21NO/c1-11(2)13-5-4-12(3)14(10-13)15-6-8-16-9-7-15/h4-5,10-11H,6-9H2,1-3H3. The van der Waals surface area contributed by atoms with Crippen LogP contribution in [0.15, 0.2) is 18.2 Å². The summed E-state index contributed by atoms with van der Waals surface area (Å²) >= 11 is 0. The molecular weight excluding hydrogens is 198 g/mol. The molecule has 1 aliphatic rings. The molecule has 16 heavy (non-hydrogen) atoms. The van der Waals surface area contributed by atoms with Crippen molar-refractivity contribution in [2.24, 2.45) is 0 Å². The molecule has 1 saturated heterocycles. The Kier molecular flexibility index (Phi) is 3.49. The molecule has 1 aromatic carbocycles. The quantitative estimate of drug-likeness (QED) is 0.758. The number of rotatable bonds is 2. The summed E-state index contributed by atoms with van der Waals surface area (Å²) in [5.74, 6) is 0.598. The molecule has 0 unspecified atom stereocenters. The van der Waals surface area contributed by atoms with E-state index in [0.717, 1.165) is 26.3 Å². The minimum absolute atomic E-state index is 0.598. The number of anilines is 1. The Morgan fingerprint density at radius 2 is 1.88 bits per heavy atom. The molecule has 0 aromatic heterocycles. The molecule has 2 rings (SSSR count). The van der Waals surface area contributed by atoms with Crippen LogP contribution in [0, 0.1) is 6.92 Å². The summed E-state index contributed by atoms with van der Waals surface area (Å²) in [4.78, 5) is 2.44. The molecule has 0 bridgehead atoms. The third-order valence-electron chi connectivity index (χ3n) is 3.25. The highest BCUT2D eigenvalue weighted by atomic mass is 16.5. The predicted octanol–water partition coefficient (Wildman–Crippen LogP) is 2.96. The lowest BCUT2D eigenvalue weighted by molar-refractivity contribution is 0.122. The number of nitrogens with zero attached hydrogens (tertiary/aromatic N) is 1. The molecule has 1 aliphatic heterocycles. The average Bonchev–Trinajstić information content (AvgIpc) is 2.30. The molecule has 0 atom stereocenters. The van der Waals surface area contributed by atoms with Crippen LogP contribution in [0.4, 0.5) is 5.69 Å². The SMILES string of the molecule is Cc1ccc(C(C)C)cc1N1CCOCC1. The fourth-order valence-electron chi connectivity index (χ4n) is 2.13. The summed E-state index contributed by atoms with van der Waals surface area (Å²) in [5.41, 5.74) is 4.17. The third-order valence-corrected chi connectivity index (χ3v) is 3.25. The number of ether oxygens (including phenoxy) is 1. The zero-order valence-electron chi connectivity index (χ0n) is 10.5. The van der Waals surface area contributed by atoms with Crippen molar-refractivity contribution < 1.29 is 4.74 Å². The smallest absolute Gasteiger partial charge is 0.0642 e. The maximum absolute atomic E-state index is 5.40. The number of morpholine rings is 1. The van der Waals surface area contributed by atoms with E-state index in [4.69, 9.17) is 4.74 Å². The highest BCUT2D eigenvalue weighted by molar-refractivity contribution is 5.55. The lowest BCUT2D eigenvalue weighted by atomic mass is 10.00. The van der Waals surface area contributed by atoms with Gasteiger partial charge in [0.15, 0.2) is 0 Å². The van der Waals surface area contributed by atoms with E-state index in [1.807, 2.05) is 0 Å². The van der Waals surface area contributed by atoms with Crippen LogP contribution in [0.3, 0.4) is 0 Å². The summed E-state index contributed by atoms with van der Waals surface area (Å²) in [7, 11) is 0. The van der Waals surface area contributed by atoms with E-state index in [0.29, 0.717) is 5.92 Å². The van der Waals surface area contributed by atoms with Gasteiger partial charge >= 0.3 is 0 Å². The van der Waals surface area contributed by atoms with Gasteiger partial charge in [0.25, 0.3) is 0 Å². The monoisotopic (exact) mass is 219 g/mol. The van der Waals surface area contributed by atoms with Crippen LogP contribution < -0.4 is 4.90 Å². The summed E-state index contributed by atoms with van der Waals surface area (Å²) in [6, 6.07) is 6.81. The van der Waals surface area contributed by atoms with Gasteiger partial charge in [-0.05, 0) is 30.0 Å². The molecule has 2 heteroatoms. The number of aryl methyl sites for hydroxylation is 1. The van der Waals surface area contributed by atoms with Crippen molar-refractivity contribution in [1.29, 1.82) is 0 Å². The van der Waals surface area contributed by atoms with Crippen LogP contribution in [0.1, 0.15) is 30.9 Å². The van der Waals surface area contributed by atoms with Gasteiger partial charge in [-0.25, -0.2) is 0 Å². The predicted molar refractivity (Wildman–Crippen MR) is 68.3 cm³/mol. The van der Waals surface area contributed by atoms with E-state index in [9.17, 15) is 0 Å². The van der Waals surface area contributed by atoms with E-state index in [2.05, 4.69) is 43.9 Å². The van der Waals surface area contributed by atoms with Crippen molar-refractivity contribution >= 4 is 5.69 Å². The van der Waals surface area contributed by atoms with Gasteiger partial charge in [-0.15, -0.1) is 0 Å². The second-order valence-corrected chi connectivity index (χ2v) is 4.80. The molecule has 88 valence electrons. The lowest BCUT2D eigenvalue weighted by Crippen LogP contribution is -2.36. The van der Waals surface area contributed by atoms with Crippen molar-refractivity contribution in [2.45, 2.75) is 26.7 Å². The van der Waals surface area contributed by atoms with E-state index in [1.165, 1.54) is 16.8 Å². The van der Waals surface area contributed by atoms with Gasteiger partial charge in [0.05, 0.1) is 13.2 Å². The van der Waals surface area contributed by atoms with E-state index >= 15 is 0 Å². The Bertz CT molecular complexity index is 354. The Labute approximate surface area is 98.2 Å². The van der Waals surface area contributed by atoms with Gasteiger partial charge < -0.3 is 9.64 Å². The normalized spacial score (nSPS) is 16.9. The van der Waals surface area contributed by atoms with Crippen molar-refractivity contribution in [3.05, 3.63) is 29.3 Å². The van der Waals surface area contributed by atoms with Gasteiger partial charge in [-0.1, -0.05) is 26.0 Å². The van der Waals surface area contributed by atoms with Crippen LogP contribution in [0.5, 0.6) is 0 Å². The molecule has 0 amide bonds. The second kappa shape index (κ2) is 4.88. The first-order chi connectivity index (χ1) is 7.68. The van der Waals surface area contributed by atoms with Crippen molar-refractivity contribution in [2.75, 3.05) is 31.2 Å². The average molecular weight is 219 g/mol. The topological polar surface area (TPSA) is 12.5 Å². The molecular formula is C14H21NO. The Balaban J connectivity index is 2.27. The minimum atomic E-state index is 0.598. The van der Waals surface area contributed by atoms with Crippen molar-refractivity contribution in [3.8, 4) is 0 Å². The Morgan fingerprint density at radius 3 is 2.50 bits per heavy atom. The Morgan fingerprint density at radius 1 is 1.19 bits per heavy atom. The molecule has 2 nitrogen and oxygen atoms in total. The van der Waals surface area contributed by atoms with E-state index in [-0.39, 0.29) is 0 Å². The summed E-state index contributed by atoms with van der Waals surface area (Å²) < 4.78 is 5.40. The minimum Gasteiger partial charge on any atom is -0.378 e. The fourth-order valence-corrected chi connectivity index (χ4v) is 2.13. The van der Waals surface area contributed by atoms with E-state index in [1.54, 1.807) is 0 Å². The first-order valence-corrected chi connectivity index (χ1v) is 6.11. The molecule has 1 heterocycles. The van der Waals surface area contributed by atoms with Crippen LogP contribution in [-0.4, -0.2) is 26.3 Å². The second-order valence-electron chi connectivity index (χ2n) is 4.80. The van der Waals surface area contributed by atoms with E-state index < -0.39 is 0 Å². The highest BCUT2D eigenvalue weighted by Crippen LogP contribution is 2.26. The largest absolute Gasteiger partial charge is 0.378 e. The van der Waals surface area contributed by atoms with Crippen LogP contribution in [0.25, 0.3) is 0 Å². The zero-order valence-corrected chi connectivity index (χ0v) is 10.5. The first-order valence-electron chi connectivity index (χ1n) is 6.11. The number of hydrogen-bond acceptors (Lipinski definition) is 2. The van der Waals surface area contributed by atoms with Gasteiger partial charge in [0.1, 0.15) is 0 Å². The Hall–Kier alpha value is -1.02. The molecule has 0 N–H and O–H groups in total. The molecule has 0 saturated carbocycles. The van der Waals surface area contributed by atoms with Gasteiger partial charge in [-0.2, -0.15) is 0 Å². The lowest BCUT2D eigenvalue weighted by Gasteiger charge is -2.30. The fraction of sp³-hybridized carbons (Fsp3) is 0.571. The molecule has 1 fully saturated rings. The summed E-state index contributed by atoms with van der Waals surface area (Å²) in [6.07, 6.45) is 0. The van der Waals surface area contributed by atoms with Gasteiger partial charge in [-0.3, -0.25) is 0 Å². The summed E-state index contributed by atoms with van der Waals surface area (Å²) in [6.45, 7) is 10.4. The molecule has 0 radical (unpaired) electrons. The van der Waals surface area contributed by atoms with Crippen LogP contribution in [-0.2, 0) is 4.74 Å². The third kappa shape index (κ3) is 2.38. The van der Waals surface area contributed by atoms with Crippen LogP contribution >= 0.6 is 0 Å².